The van der Waals surface area contributed by atoms with Crippen LogP contribution in [0.2, 0.25) is 0 Å². The highest BCUT2D eigenvalue weighted by molar-refractivity contribution is 5.83. The van der Waals surface area contributed by atoms with E-state index in [1.165, 1.54) is 0 Å². The van der Waals surface area contributed by atoms with Gasteiger partial charge >= 0.3 is 0 Å². The molecular formula is C11H19NO2. The lowest BCUT2D eigenvalue weighted by molar-refractivity contribution is -0.135. The molecule has 0 bridgehead atoms. The SMILES string of the molecule is C=CCCCC(=O)C1CN(C)CCO1. The molecule has 1 atom stereocenters. The van der Waals surface area contributed by atoms with Crippen LogP contribution in [0.4, 0.5) is 0 Å². The molecule has 0 aromatic rings. The summed E-state index contributed by atoms with van der Waals surface area (Å²) in [6, 6.07) is 0. The van der Waals surface area contributed by atoms with E-state index in [1.807, 2.05) is 13.1 Å². The molecular weight excluding hydrogens is 178 g/mol. The Morgan fingerprint density at radius 2 is 2.50 bits per heavy atom. The minimum atomic E-state index is -0.196. The first kappa shape index (κ1) is 11.4. The predicted molar refractivity (Wildman–Crippen MR) is 56.3 cm³/mol. The second-order valence-corrected chi connectivity index (χ2v) is 3.77. The number of morpholine rings is 1. The molecule has 0 spiro atoms. The highest BCUT2D eigenvalue weighted by atomic mass is 16.5. The van der Waals surface area contributed by atoms with Gasteiger partial charge < -0.3 is 9.64 Å². The molecule has 1 fully saturated rings. The molecule has 3 nitrogen and oxygen atoms in total. The van der Waals surface area contributed by atoms with E-state index in [0.29, 0.717) is 13.0 Å². The van der Waals surface area contributed by atoms with Crippen molar-refractivity contribution in [2.45, 2.75) is 25.4 Å². The summed E-state index contributed by atoms with van der Waals surface area (Å²) in [5.41, 5.74) is 0. The van der Waals surface area contributed by atoms with Crippen LogP contribution in [0.5, 0.6) is 0 Å². The molecule has 1 saturated heterocycles. The Bertz CT molecular complexity index is 203. The van der Waals surface area contributed by atoms with Gasteiger partial charge in [0, 0.05) is 19.5 Å². The van der Waals surface area contributed by atoms with Crippen LogP contribution in [0.3, 0.4) is 0 Å². The van der Waals surface area contributed by atoms with Crippen molar-refractivity contribution in [3.8, 4) is 0 Å². The Labute approximate surface area is 85.7 Å². The van der Waals surface area contributed by atoms with Crippen molar-refractivity contribution in [2.24, 2.45) is 0 Å². The maximum atomic E-state index is 11.6. The molecule has 0 amide bonds. The highest BCUT2D eigenvalue weighted by Gasteiger charge is 2.23. The van der Waals surface area contributed by atoms with Gasteiger partial charge in [-0.05, 0) is 19.9 Å². The van der Waals surface area contributed by atoms with E-state index in [2.05, 4.69) is 11.5 Å². The van der Waals surface area contributed by atoms with Gasteiger partial charge in [0.25, 0.3) is 0 Å². The fourth-order valence-electron chi connectivity index (χ4n) is 1.55. The Balaban J connectivity index is 2.25. The molecule has 3 heteroatoms. The van der Waals surface area contributed by atoms with E-state index in [0.717, 1.165) is 25.9 Å². The van der Waals surface area contributed by atoms with Crippen LogP contribution in [-0.2, 0) is 9.53 Å². The summed E-state index contributed by atoms with van der Waals surface area (Å²) in [6.07, 6.45) is 4.07. The molecule has 0 aromatic heterocycles. The Hall–Kier alpha value is -0.670. The van der Waals surface area contributed by atoms with Crippen molar-refractivity contribution in [2.75, 3.05) is 26.7 Å². The number of carbonyl (C=O) groups excluding carboxylic acids is 1. The van der Waals surface area contributed by atoms with Gasteiger partial charge in [0.1, 0.15) is 6.10 Å². The minimum absolute atomic E-state index is 0.196. The fraction of sp³-hybridized carbons (Fsp3) is 0.727. The number of hydrogen-bond donors (Lipinski definition) is 0. The standard InChI is InChI=1S/C11H19NO2/c1-3-4-5-6-10(13)11-9-12(2)7-8-14-11/h3,11H,1,4-9H2,2H3. The van der Waals surface area contributed by atoms with Crippen molar-refractivity contribution in [1.29, 1.82) is 0 Å². The van der Waals surface area contributed by atoms with Crippen molar-refractivity contribution >= 4 is 5.78 Å². The second-order valence-electron chi connectivity index (χ2n) is 3.77. The molecule has 1 heterocycles. The second kappa shape index (κ2) is 5.94. The largest absolute Gasteiger partial charge is 0.368 e. The summed E-state index contributed by atoms with van der Waals surface area (Å²) < 4.78 is 5.42. The van der Waals surface area contributed by atoms with Crippen LogP contribution in [0, 0.1) is 0 Å². The number of hydrogen-bond acceptors (Lipinski definition) is 3. The number of nitrogens with zero attached hydrogens (tertiary/aromatic N) is 1. The van der Waals surface area contributed by atoms with E-state index in [-0.39, 0.29) is 11.9 Å². The average Bonchev–Trinajstić information content (AvgIpc) is 2.18. The van der Waals surface area contributed by atoms with Gasteiger partial charge in [-0.1, -0.05) is 6.08 Å². The molecule has 0 aliphatic carbocycles. The van der Waals surface area contributed by atoms with Gasteiger partial charge in [-0.2, -0.15) is 0 Å². The zero-order chi connectivity index (χ0) is 10.4. The summed E-state index contributed by atoms with van der Waals surface area (Å²) in [7, 11) is 2.02. The summed E-state index contributed by atoms with van der Waals surface area (Å²) in [4.78, 5) is 13.8. The lowest BCUT2D eigenvalue weighted by Gasteiger charge is -2.29. The topological polar surface area (TPSA) is 29.5 Å². The van der Waals surface area contributed by atoms with Crippen molar-refractivity contribution in [3.05, 3.63) is 12.7 Å². The summed E-state index contributed by atoms with van der Waals surface area (Å²) in [5, 5.41) is 0. The molecule has 0 saturated carbocycles. The number of Topliss-reactive ketones (excluding diaryl/α,β-unsaturated/α-hetero) is 1. The monoisotopic (exact) mass is 197 g/mol. The first-order valence-corrected chi connectivity index (χ1v) is 5.18. The van der Waals surface area contributed by atoms with Crippen molar-refractivity contribution in [1.82, 2.24) is 4.90 Å². The maximum absolute atomic E-state index is 11.6. The van der Waals surface area contributed by atoms with E-state index in [1.54, 1.807) is 0 Å². The lowest BCUT2D eigenvalue weighted by Crippen LogP contribution is -2.44. The van der Waals surface area contributed by atoms with Gasteiger partial charge in [0.15, 0.2) is 5.78 Å². The minimum Gasteiger partial charge on any atom is -0.368 e. The third-order valence-electron chi connectivity index (χ3n) is 2.46. The van der Waals surface area contributed by atoms with E-state index >= 15 is 0 Å². The molecule has 1 rings (SSSR count). The molecule has 1 unspecified atom stereocenters. The quantitative estimate of drug-likeness (QED) is 0.490. The summed E-state index contributed by atoms with van der Waals surface area (Å²) in [6.45, 7) is 5.98. The Kier molecular flexibility index (Phi) is 4.84. The van der Waals surface area contributed by atoms with Gasteiger partial charge in [0.2, 0.25) is 0 Å². The van der Waals surface area contributed by atoms with Gasteiger partial charge in [-0.15, -0.1) is 6.58 Å². The normalized spacial score (nSPS) is 23.4. The third-order valence-corrected chi connectivity index (χ3v) is 2.46. The fourth-order valence-corrected chi connectivity index (χ4v) is 1.55. The highest BCUT2D eigenvalue weighted by Crippen LogP contribution is 2.08. The zero-order valence-corrected chi connectivity index (χ0v) is 8.87. The Morgan fingerprint density at radius 3 is 3.14 bits per heavy atom. The number of carbonyl (C=O) groups is 1. The number of ketones is 1. The number of likely N-dealkylation sites (N-methyl/N-ethyl adjacent to an activating group) is 1. The first-order valence-electron chi connectivity index (χ1n) is 5.18. The summed E-state index contributed by atoms with van der Waals surface area (Å²) in [5.74, 6) is 0.235. The van der Waals surface area contributed by atoms with Crippen molar-refractivity contribution < 1.29 is 9.53 Å². The molecule has 0 aromatic carbocycles. The van der Waals surface area contributed by atoms with E-state index in [4.69, 9.17) is 4.74 Å². The van der Waals surface area contributed by atoms with Crippen LogP contribution in [0.25, 0.3) is 0 Å². The van der Waals surface area contributed by atoms with Crippen LogP contribution in [-0.4, -0.2) is 43.5 Å². The first-order chi connectivity index (χ1) is 6.74. The number of unbranched alkanes of at least 4 members (excludes halogenated alkanes) is 1. The maximum Gasteiger partial charge on any atom is 0.162 e. The average molecular weight is 197 g/mol. The van der Waals surface area contributed by atoms with Gasteiger partial charge in [-0.25, -0.2) is 0 Å². The van der Waals surface area contributed by atoms with E-state index in [9.17, 15) is 4.79 Å². The Morgan fingerprint density at radius 1 is 1.71 bits per heavy atom. The number of allylic oxidation sites excluding steroid dienone is 1. The molecule has 0 radical (unpaired) electrons. The number of ether oxygens (including phenoxy) is 1. The zero-order valence-electron chi connectivity index (χ0n) is 8.87. The smallest absolute Gasteiger partial charge is 0.162 e. The van der Waals surface area contributed by atoms with Crippen LogP contribution < -0.4 is 0 Å². The number of rotatable bonds is 5. The molecule has 1 aliphatic rings. The molecule has 0 N–H and O–H groups in total. The third kappa shape index (κ3) is 3.60. The molecule has 1 aliphatic heterocycles. The van der Waals surface area contributed by atoms with Crippen LogP contribution >= 0.6 is 0 Å². The van der Waals surface area contributed by atoms with Gasteiger partial charge in [-0.3, -0.25) is 4.79 Å². The molecule has 14 heavy (non-hydrogen) atoms. The van der Waals surface area contributed by atoms with Crippen LogP contribution in [0.1, 0.15) is 19.3 Å². The van der Waals surface area contributed by atoms with E-state index < -0.39 is 0 Å². The predicted octanol–water partition coefficient (Wildman–Crippen LogP) is 1.24. The summed E-state index contributed by atoms with van der Waals surface area (Å²) >= 11 is 0. The van der Waals surface area contributed by atoms with Crippen molar-refractivity contribution in [3.63, 3.8) is 0 Å². The van der Waals surface area contributed by atoms with Crippen LogP contribution in [0.15, 0.2) is 12.7 Å². The van der Waals surface area contributed by atoms with Gasteiger partial charge in [0.05, 0.1) is 6.61 Å². The lowest BCUT2D eigenvalue weighted by atomic mass is 10.1. The molecule has 80 valence electrons.